The van der Waals surface area contributed by atoms with Crippen molar-refractivity contribution in [2.24, 2.45) is 11.3 Å². The second-order valence-corrected chi connectivity index (χ2v) is 7.82. The first-order valence-corrected chi connectivity index (χ1v) is 9.16. The van der Waals surface area contributed by atoms with Gasteiger partial charge in [0.25, 0.3) is 0 Å². The average molecular weight is 418 g/mol. The largest absolute Gasteiger partial charge is 0.384 e. The molecule has 1 amide bonds. The van der Waals surface area contributed by atoms with E-state index in [1.54, 1.807) is 7.11 Å². The van der Waals surface area contributed by atoms with E-state index in [0.717, 1.165) is 43.4 Å². The predicted molar refractivity (Wildman–Crippen MR) is 102 cm³/mol. The normalized spacial score (nSPS) is 24.8. The molecular weight excluding hydrogens is 392 g/mol. The molecule has 0 bridgehead atoms. The SMILES string of the molecule is COCC1(CNC(=O)C2CC2c2cccc(Br)c2)CCNCC1.Cl. The molecule has 0 radical (unpaired) electrons. The van der Waals surface area contributed by atoms with Crippen LogP contribution in [0.4, 0.5) is 0 Å². The molecule has 6 heteroatoms. The number of amides is 1. The number of hydrogen-bond donors (Lipinski definition) is 2. The van der Waals surface area contributed by atoms with Crippen LogP contribution in [0.2, 0.25) is 0 Å². The van der Waals surface area contributed by atoms with Crippen molar-refractivity contribution in [1.82, 2.24) is 10.6 Å². The summed E-state index contributed by atoms with van der Waals surface area (Å²) in [6, 6.07) is 8.29. The molecule has 1 aromatic carbocycles. The Hall–Kier alpha value is -0.620. The number of halogens is 2. The van der Waals surface area contributed by atoms with E-state index in [-0.39, 0.29) is 29.6 Å². The van der Waals surface area contributed by atoms with E-state index in [4.69, 9.17) is 4.74 Å². The van der Waals surface area contributed by atoms with E-state index in [2.05, 4.69) is 38.7 Å². The van der Waals surface area contributed by atoms with Gasteiger partial charge >= 0.3 is 0 Å². The highest BCUT2D eigenvalue weighted by molar-refractivity contribution is 9.10. The van der Waals surface area contributed by atoms with Crippen molar-refractivity contribution in [3.8, 4) is 0 Å². The van der Waals surface area contributed by atoms with E-state index in [1.165, 1.54) is 5.56 Å². The summed E-state index contributed by atoms with van der Waals surface area (Å²) in [6.45, 7) is 3.45. The van der Waals surface area contributed by atoms with Crippen molar-refractivity contribution in [3.63, 3.8) is 0 Å². The summed E-state index contributed by atoms with van der Waals surface area (Å²) in [5, 5.41) is 6.58. The second kappa shape index (κ2) is 8.65. The van der Waals surface area contributed by atoms with E-state index in [9.17, 15) is 4.79 Å². The molecule has 2 N–H and O–H groups in total. The molecule has 1 aliphatic carbocycles. The molecule has 2 fully saturated rings. The molecule has 24 heavy (non-hydrogen) atoms. The zero-order chi connectivity index (χ0) is 16.3. The summed E-state index contributed by atoms with van der Waals surface area (Å²) in [7, 11) is 1.75. The van der Waals surface area contributed by atoms with Crippen molar-refractivity contribution >= 4 is 34.2 Å². The molecule has 4 nitrogen and oxygen atoms in total. The van der Waals surface area contributed by atoms with Gasteiger partial charge in [-0.05, 0) is 56.0 Å². The van der Waals surface area contributed by atoms with Gasteiger partial charge in [0, 0.05) is 29.5 Å². The third-order valence-electron chi connectivity index (χ3n) is 5.16. The maximum absolute atomic E-state index is 12.5. The highest BCUT2D eigenvalue weighted by Gasteiger charge is 2.44. The quantitative estimate of drug-likeness (QED) is 0.748. The molecule has 1 saturated carbocycles. The molecule has 1 aromatic rings. The minimum Gasteiger partial charge on any atom is -0.384 e. The molecule has 0 spiro atoms. The Kier molecular flexibility index (Phi) is 7.10. The molecule has 1 saturated heterocycles. The van der Waals surface area contributed by atoms with Crippen LogP contribution in [-0.4, -0.2) is 39.3 Å². The van der Waals surface area contributed by atoms with Crippen LogP contribution in [0.25, 0.3) is 0 Å². The standard InChI is InChI=1S/C18H25BrN2O2.ClH/c1-23-12-18(5-7-20-8-6-18)11-21-17(22)16-10-15(16)13-3-2-4-14(19)9-13;/h2-4,9,15-16,20H,5-8,10-12H2,1H3,(H,21,22);1H. The first-order valence-electron chi connectivity index (χ1n) is 8.36. The number of benzene rings is 1. The van der Waals surface area contributed by atoms with Gasteiger partial charge in [0.05, 0.1) is 6.61 Å². The molecule has 0 aromatic heterocycles. The molecule has 2 aliphatic rings. The van der Waals surface area contributed by atoms with Gasteiger partial charge in [-0.15, -0.1) is 12.4 Å². The van der Waals surface area contributed by atoms with Crippen molar-refractivity contribution in [2.75, 3.05) is 33.4 Å². The fourth-order valence-electron chi connectivity index (χ4n) is 3.63. The minimum absolute atomic E-state index is 0. The van der Waals surface area contributed by atoms with Crippen molar-refractivity contribution in [1.29, 1.82) is 0 Å². The van der Waals surface area contributed by atoms with Gasteiger partial charge in [0.15, 0.2) is 0 Å². The van der Waals surface area contributed by atoms with Crippen LogP contribution < -0.4 is 10.6 Å². The van der Waals surface area contributed by atoms with Gasteiger partial charge in [0.2, 0.25) is 5.91 Å². The number of nitrogens with one attached hydrogen (secondary N) is 2. The summed E-state index contributed by atoms with van der Waals surface area (Å²) in [5.41, 5.74) is 1.35. The molecule has 1 aliphatic heterocycles. The fraction of sp³-hybridized carbons (Fsp3) is 0.611. The van der Waals surface area contributed by atoms with Crippen LogP contribution in [0.5, 0.6) is 0 Å². The monoisotopic (exact) mass is 416 g/mol. The number of methoxy groups -OCH3 is 1. The van der Waals surface area contributed by atoms with Crippen molar-refractivity contribution < 1.29 is 9.53 Å². The van der Waals surface area contributed by atoms with E-state index < -0.39 is 0 Å². The predicted octanol–water partition coefficient (Wildman–Crippen LogP) is 3.11. The fourth-order valence-corrected chi connectivity index (χ4v) is 4.05. The molecule has 2 unspecified atom stereocenters. The Labute approximate surface area is 158 Å². The van der Waals surface area contributed by atoms with Gasteiger partial charge in [-0.2, -0.15) is 0 Å². The zero-order valence-corrected chi connectivity index (χ0v) is 16.4. The molecule has 3 rings (SSSR count). The van der Waals surface area contributed by atoms with Gasteiger partial charge in [0.1, 0.15) is 0 Å². The Morgan fingerprint density at radius 3 is 2.83 bits per heavy atom. The third kappa shape index (κ3) is 4.72. The Balaban J connectivity index is 0.00000208. The topological polar surface area (TPSA) is 50.4 Å². The highest BCUT2D eigenvalue weighted by Crippen LogP contribution is 2.48. The van der Waals surface area contributed by atoms with Crippen LogP contribution in [0.15, 0.2) is 28.7 Å². The number of carbonyl (C=O) groups is 1. The molecular formula is C18H26BrClN2O2. The zero-order valence-electron chi connectivity index (χ0n) is 14.0. The Morgan fingerprint density at radius 2 is 2.17 bits per heavy atom. The number of rotatable bonds is 6. The Morgan fingerprint density at radius 1 is 1.42 bits per heavy atom. The van der Waals surface area contributed by atoms with Gasteiger partial charge in [-0.25, -0.2) is 0 Å². The first kappa shape index (κ1) is 19.7. The van der Waals surface area contributed by atoms with Crippen LogP contribution in [0, 0.1) is 11.3 Å². The first-order chi connectivity index (χ1) is 11.1. The van der Waals surface area contributed by atoms with Gasteiger partial charge < -0.3 is 15.4 Å². The lowest BCUT2D eigenvalue weighted by atomic mass is 9.79. The minimum atomic E-state index is 0. The molecule has 2 atom stereocenters. The van der Waals surface area contributed by atoms with Crippen LogP contribution in [0.1, 0.15) is 30.7 Å². The average Bonchev–Trinajstić information content (AvgIpc) is 3.35. The summed E-state index contributed by atoms with van der Waals surface area (Å²) in [4.78, 5) is 12.5. The lowest BCUT2D eigenvalue weighted by Crippen LogP contribution is -2.47. The Bertz CT molecular complexity index is 558. The second-order valence-electron chi connectivity index (χ2n) is 6.90. The van der Waals surface area contributed by atoms with Gasteiger partial charge in [-0.1, -0.05) is 28.1 Å². The third-order valence-corrected chi connectivity index (χ3v) is 5.65. The summed E-state index contributed by atoms with van der Waals surface area (Å²) < 4.78 is 6.49. The molecule has 134 valence electrons. The van der Waals surface area contributed by atoms with Crippen LogP contribution in [0.3, 0.4) is 0 Å². The summed E-state index contributed by atoms with van der Waals surface area (Å²) in [6.07, 6.45) is 3.07. The van der Waals surface area contributed by atoms with Crippen LogP contribution in [-0.2, 0) is 9.53 Å². The van der Waals surface area contributed by atoms with Crippen molar-refractivity contribution in [3.05, 3.63) is 34.3 Å². The maximum Gasteiger partial charge on any atom is 0.223 e. The van der Waals surface area contributed by atoms with Gasteiger partial charge in [-0.3, -0.25) is 4.79 Å². The summed E-state index contributed by atoms with van der Waals surface area (Å²) >= 11 is 3.50. The maximum atomic E-state index is 12.5. The number of piperidine rings is 1. The van der Waals surface area contributed by atoms with E-state index in [0.29, 0.717) is 12.5 Å². The summed E-state index contributed by atoms with van der Waals surface area (Å²) in [5.74, 6) is 0.702. The van der Waals surface area contributed by atoms with Crippen LogP contribution >= 0.6 is 28.3 Å². The van der Waals surface area contributed by atoms with E-state index in [1.807, 2.05) is 12.1 Å². The number of ether oxygens (including phenoxy) is 1. The number of carbonyl (C=O) groups excluding carboxylic acids is 1. The number of hydrogen-bond acceptors (Lipinski definition) is 3. The van der Waals surface area contributed by atoms with E-state index >= 15 is 0 Å². The lowest BCUT2D eigenvalue weighted by molar-refractivity contribution is -0.123. The lowest BCUT2D eigenvalue weighted by Gasteiger charge is -2.37. The van der Waals surface area contributed by atoms with Crippen molar-refractivity contribution in [2.45, 2.75) is 25.2 Å². The smallest absolute Gasteiger partial charge is 0.223 e. The highest BCUT2D eigenvalue weighted by atomic mass is 79.9. The molecule has 1 heterocycles.